The molecule has 0 saturated carbocycles. The fraction of sp³-hybridized carbons (Fsp3) is 0.333. The Hall–Kier alpha value is -0.903. The minimum absolute atomic E-state index is 0.399. The van der Waals surface area contributed by atoms with Gasteiger partial charge in [0.15, 0.2) is 0 Å². The lowest BCUT2D eigenvalue weighted by molar-refractivity contribution is 0.229. The molecule has 0 aromatic heterocycles. The molecule has 0 saturated heterocycles. The molecule has 1 aromatic rings. The molecule has 2 nitrogen and oxygen atoms in total. The highest BCUT2D eigenvalue weighted by Gasteiger charge is 2.18. The van der Waals surface area contributed by atoms with Crippen LogP contribution < -0.4 is 0 Å². The second-order valence-electron chi connectivity index (χ2n) is 3.60. The normalized spacial score (nSPS) is 18.5. The quantitative estimate of drug-likeness (QED) is 0.725. The summed E-state index contributed by atoms with van der Waals surface area (Å²) in [6.45, 7) is 2.74. The first-order valence-electron chi connectivity index (χ1n) is 5.08. The smallest absolute Gasteiger partial charge is 0.380 e. The highest BCUT2D eigenvalue weighted by atomic mass is 28.3. The molecule has 1 aliphatic rings. The van der Waals surface area contributed by atoms with Gasteiger partial charge in [-0.15, -0.1) is 0 Å². The minimum atomic E-state index is -1.05. The third kappa shape index (κ3) is 2.37. The molecule has 1 aliphatic carbocycles. The van der Waals surface area contributed by atoms with Crippen LogP contribution in [0.15, 0.2) is 30.3 Å². The first-order valence-corrected chi connectivity index (χ1v) is 6.90. The van der Waals surface area contributed by atoms with Crippen molar-refractivity contribution >= 4 is 15.4 Å². The summed E-state index contributed by atoms with van der Waals surface area (Å²) in [4.78, 5) is 0. The average molecular weight is 219 g/mol. The van der Waals surface area contributed by atoms with Crippen LogP contribution in [0.4, 0.5) is 0 Å². The molecule has 2 rings (SSSR count). The molecule has 1 radical (unpaired) electrons. The molecule has 0 aliphatic heterocycles. The van der Waals surface area contributed by atoms with Gasteiger partial charge in [0, 0.05) is 19.6 Å². The third-order valence-corrected chi connectivity index (χ3v) is 3.81. The zero-order valence-electron chi connectivity index (χ0n) is 9.07. The van der Waals surface area contributed by atoms with Gasteiger partial charge in [-0.25, -0.2) is 0 Å². The predicted molar refractivity (Wildman–Crippen MR) is 62.8 cm³/mol. The van der Waals surface area contributed by atoms with Crippen LogP contribution in [0.5, 0.6) is 0 Å². The third-order valence-electron chi connectivity index (χ3n) is 2.66. The van der Waals surface area contributed by atoms with Crippen LogP contribution >= 0.6 is 0 Å². The van der Waals surface area contributed by atoms with Gasteiger partial charge in [-0.2, -0.15) is 0 Å². The van der Waals surface area contributed by atoms with Crippen molar-refractivity contribution in [3.8, 4) is 0 Å². The number of benzene rings is 1. The number of hydrogen-bond acceptors (Lipinski definition) is 2. The van der Waals surface area contributed by atoms with E-state index < -0.39 is 9.28 Å². The Morgan fingerprint density at radius 2 is 2.13 bits per heavy atom. The molecular formula is C12H15O2Si. The summed E-state index contributed by atoms with van der Waals surface area (Å²) < 4.78 is 10.8. The van der Waals surface area contributed by atoms with Crippen LogP contribution in [0.2, 0.25) is 6.55 Å². The van der Waals surface area contributed by atoms with Gasteiger partial charge in [0.05, 0.1) is 0 Å². The fourth-order valence-corrected chi connectivity index (χ4v) is 2.27. The first kappa shape index (κ1) is 10.6. The van der Waals surface area contributed by atoms with E-state index in [2.05, 4.69) is 36.4 Å². The van der Waals surface area contributed by atoms with Gasteiger partial charge in [-0.05, 0) is 17.7 Å². The van der Waals surface area contributed by atoms with Crippen LogP contribution in [0, 0.1) is 0 Å². The zero-order valence-corrected chi connectivity index (χ0v) is 10.1. The van der Waals surface area contributed by atoms with Crippen molar-refractivity contribution in [3.63, 3.8) is 0 Å². The molecule has 3 heteroatoms. The topological polar surface area (TPSA) is 18.5 Å². The molecule has 0 bridgehead atoms. The standard InChI is InChI=1S/C12H15O2Si/c1-13-15(2)14-9-11-8-7-10-5-3-4-6-12(10)11/h3-8,11H,9H2,1-2H3. The lowest BCUT2D eigenvalue weighted by Gasteiger charge is -2.13. The maximum absolute atomic E-state index is 5.66. The maximum atomic E-state index is 5.66. The molecule has 0 fully saturated rings. The Labute approximate surface area is 92.4 Å². The van der Waals surface area contributed by atoms with E-state index in [0.29, 0.717) is 5.92 Å². The molecule has 15 heavy (non-hydrogen) atoms. The Balaban J connectivity index is 1.99. The van der Waals surface area contributed by atoms with Crippen LogP contribution in [0.25, 0.3) is 6.08 Å². The lowest BCUT2D eigenvalue weighted by Crippen LogP contribution is -2.19. The van der Waals surface area contributed by atoms with Crippen molar-refractivity contribution in [2.45, 2.75) is 12.5 Å². The second kappa shape index (κ2) is 4.75. The second-order valence-corrected chi connectivity index (χ2v) is 5.28. The zero-order chi connectivity index (χ0) is 10.7. The summed E-state index contributed by atoms with van der Waals surface area (Å²) >= 11 is 0. The van der Waals surface area contributed by atoms with Crippen LogP contribution in [0.3, 0.4) is 0 Å². The van der Waals surface area contributed by atoms with E-state index in [-0.39, 0.29) is 0 Å². The van der Waals surface area contributed by atoms with Crippen molar-refractivity contribution in [3.05, 3.63) is 41.5 Å². The minimum Gasteiger partial charge on any atom is -0.397 e. The van der Waals surface area contributed by atoms with E-state index in [9.17, 15) is 0 Å². The monoisotopic (exact) mass is 219 g/mol. The van der Waals surface area contributed by atoms with Crippen LogP contribution in [-0.4, -0.2) is 23.0 Å². The van der Waals surface area contributed by atoms with Crippen molar-refractivity contribution < 1.29 is 8.85 Å². The summed E-state index contributed by atoms with van der Waals surface area (Å²) in [6, 6.07) is 8.45. The van der Waals surface area contributed by atoms with E-state index in [0.717, 1.165) is 6.61 Å². The van der Waals surface area contributed by atoms with Gasteiger partial charge in [-0.3, -0.25) is 0 Å². The molecule has 0 heterocycles. The molecule has 1 unspecified atom stereocenters. The molecule has 1 aromatic carbocycles. The summed E-state index contributed by atoms with van der Waals surface area (Å²) in [5.41, 5.74) is 2.68. The van der Waals surface area contributed by atoms with Crippen LogP contribution in [-0.2, 0) is 8.85 Å². The molecule has 0 spiro atoms. The van der Waals surface area contributed by atoms with Crippen molar-refractivity contribution in [1.82, 2.24) is 0 Å². The predicted octanol–water partition coefficient (Wildman–Crippen LogP) is 2.58. The maximum Gasteiger partial charge on any atom is 0.380 e. The van der Waals surface area contributed by atoms with E-state index in [1.54, 1.807) is 7.11 Å². The molecule has 0 N–H and O–H groups in total. The summed E-state index contributed by atoms with van der Waals surface area (Å²) in [6.07, 6.45) is 4.37. The van der Waals surface area contributed by atoms with Gasteiger partial charge >= 0.3 is 9.28 Å². The largest absolute Gasteiger partial charge is 0.397 e. The first-order chi connectivity index (χ1) is 7.31. The van der Waals surface area contributed by atoms with Crippen molar-refractivity contribution in [1.29, 1.82) is 0 Å². The summed E-state index contributed by atoms with van der Waals surface area (Å²) in [5, 5.41) is 0. The number of hydrogen-bond donors (Lipinski definition) is 0. The Morgan fingerprint density at radius 3 is 2.93 bits per heavy atom. The van der Waals surface area contributed by atoms with Gasteiger partial charge < -0.3 is 8.85 Å². The number of fused-ring (bicyclic) bond motifs is 1. The molecular weight excluding hydrogens is 204 g/mol. The van der Waals surface area contributed by atoms with Gasteiger partial charge in [0.1, 0.15) is 0 Å². The van der Waals surface area contributed by atoms with Gasteiger partial charge in [0.25, 0.3) is 0 Å². The van der Waals surface area contributed by atoms with Gasteiger partial charge in [0.2, 0.25) is 0 Å². The lowest BCUT2D eigenvalue weighted by atomic mass is 10.0. The Morgan fingerprint density at radius 1 is 1.33 bits per heavy atom. The van der Waals surface area contributed by atoms with E-state index >= 15 is 0 Å². The molecule has 0 amide bonds. The highest BCUT2D eigenvalue weighted by Crippen LogP contribution is 2.29. The Kier molecular flexibility index (Phi) is 3.36. The van der Waals surface area contributed by atoms with Crippen molar-refractivity contribution in [2.24, 2.45) is 0 Å². The molecule has 1 atom stereocenters. The average Bonchev–Trinajstić information content (AvgIpc) is 2.69. The van der Waals surface area contributed by atoms with Crippen molar-refractivity contribution in [2.75, 3.05) is 13.7 Å². The van der Waals surface area contributed by atoms with Gasteiger partial charge in [-0.1, -0.05) is 36.4 Å². The molecule has 79 valence electrons. The van der Waals surface area contributed by atoms with E-state index in [1.165, 1.54) is 11.1 Å². The number of rotatable bonds is 4. The Bertz CT molecular complexity index is 362. The SMILES string of the molecule is CO[Si](C)OCC1C=Cc2ccccc21. The van der Waals surface area contributed by atoms with E-state index in [4.69, 9.17) is 8.85 Å². The summed E-state index contributed by atoms with van der Waals surface area (Å²) in [5.74, 6) is 0.399. The highest BCUT2D eigenvalue weighted by molar-refractivity contribution is 6.42. The summed E-state index contributed by atoms with van der Waals surface area (Å²) in [7, 11) is 0.649. The van der Waals surface area contributed by atoms with E-state index in [1.807, 2.05) is 6.55 Å². The van der Waals surface area contributed by atoms with Crippen LogP contribution in [0.1, 0.15) is 17.0 Å². The fourth-order valence-electron chi connectivity index (χ4n) is 1.74.